The van der Waals surface area contributed by atoms with Crippen LogP contribution in [0.1, 0.15) is 30.9 Å². The van der Waals surface area contributed by atoms with E-state index in [9.17, 15) is 13.2 Å². The standard InChI is InChI=1S/C13H15F3N2O/c1-3-9-7-12(18-19-2)10-6-8(13(14,15)16)4-5-11(10)17-9/h4-6,9,17H,3,7H2,1-2H3/t9-/m1/s1. The number of nitrogens with one attached hydrogen (secondary N) is 1. The van der Waals surface area contributed by atoms with E-state index < -0.39 is 11.7 Å². The summed E-state index contributed by atoms with van der Waals surface area (Å²) in [6, 6.07) is 3.81. The molecule has 1 atom stereocenters. The number of alkyl halides is 3. The number of oxime groups is 1. The summed E-state index contributed by atoms with van der Waals surface area (Å²) in [6.45, 7) is 2.01. The normalized spacial score (nSPS) is 20.9. The molecule has 0 saturated heterocycles. The molecule has 1 N–H and O–H groups in total. The van der Waals surface area contributed by atoms with Gasteiger partial charge < -0.3 is 10.2 Å². The van der Waals surface area contributed by atoms with E-state index in [1.54, 1.807) is 0 Å². The van der Waals surface area contributed by atoms with Gasteiger partial charge in [-0.05, 0) is 24.6 Å². The molecule has 104 valence electrons. The Balaban J connectivity index is 2.47. The number of hydrogen-bond donors (Lipinski definition) is 1. The number of fused-ring (bicyclic) bond motifs is 1. The van der Waals surface area contributed by atoms with Gasteiger partial charge in [-0.2, -0.15) is 13.2 Å². The largest absolute Gasteiger partial charge is 0.416 e. The van der Waals surface area contributed by atoms with Crippen LogP contribution in [-0.4, -0.2) is 18.9 Å². The summed E-state index contributed by atoms with van der Waals surface area (Å²) in [4.78, 5) is 4.74. The van der Waals surface area contributed by atoms with Crippen molar-refractivity contribution in [3.05, 3.63) is 29.3 Å². The first-order valence-electron chi connectivity index (χ1n) is 6.04. The fourth-order valence-electron chi connectivity index (χ4n) is 2.14. The van der Waals surface area contributed by atoms with Gasteiger partial charge in [0.05, 0.1) is 11.3 Å². The second-order valence-electron chi connectivity index (χ2n) is 4.43. The zero-order valence-corrected chi connectivity index (χ0v) is 10.7. The predicted octanol–water partition coefficient (Wildman–Crippen LogP) is 3.65. The molecule has 0 fully saturated rings. The Labute approximate surface area is 109 Å². The minimum Gasteiger partial charge on any atom is -0.399 e. The molecule has 1 heterocycles. The summed E-state index contributed by atoms with van der Waals surface area (Å²) < 4.78 is 38.2. The molecule has 0 bridgehead atoms. The third kappa shape index (κ3) is 2.83. The number of anilines is 1. The van der Waals surface area contributed by atoms with E-state index in [1.165, 1.54) is 13.2 Å². The maximum atomic E-state index is 12.7. The first-order chi connectivity index (χ1) is 8.95. The van der Waals surface area contributed by atoms with Crippen molar-refractivity contribution < 1.29 is 18.0 Å². The van der Waals surface area contributed by atoms with Gasteiger partial charge in [-0.1, -0.05) is 12.1 Å². The molecule has 1 aromatic carbocycles. The Bertz CT molecular complexity index is 497. The lowest BCUT2D eigenvalue weighted by atomic mass is 9.93. The molecular weight excluding hydrogens is 257 g/mol. The van der Waals surface area contributed by atoms with E-state index in [-0.39, 0.29) is 6.04 Å². The van der Waals surface area contributed by atoms with Crippen molar-refractivity contribution in [2.75, 3.05) is 12.4 Å². The van der Waals surface area contributed by atoms with E-state index in [0.717, 1.165) is 18.6 Å². The maximum Gasteiger partial charge on any atom is 0.416 e. The van der Waals surface area contributed by atoms with Crippen molar-refractivity contribution in [1.29, 1.82) is 0 Å². The molecule has 1 aliphatic heterocycles. The highest BCUT2D eigenvalue weighted by Gasteiger charge is 2.33. The van der Waals surface area contributed by atoms with Crippen LogP contribution < -0.4 is 5.32 Å². The highest BCUT2D eigenvalue weighted by Crippen LogP contribution is 2.34. The van der Waals surface area contributed by atoms with Gasteiger partial charge in [0, 0.05) is 23.7 Å². The molecule has 1 aliphatic rings. The molecule has 1 aromatic rings. The second-order valence-corrected chi connectivity index (χ2v) is 4.43. The van der Waals surface area contributed by atoms with Gasteiger partial charge in [0.15, 0.2) is 0 Å². The van der Waals surface area contributed by atoms with Crippen molar-refractivity contribution >= 4 is 11.4 Å². The lowest BCUT2D eigenvalue weighted by Gasteiger charge is -2.27. The summed E-state index contributed by atoms with van der Waals surface area (Å²) in [5, 5.41) is 7.07. The molecule has 0 amide bonds. The van der Waals surface area contributed by atoms with Crippen LogP contribution in [0.3, 0.4) is 0 Å². The average molecular weight is 272 g/mol. The smallest absolute Gasteiger partial charge is 0.399 e. The highest BCUT2D eigenvalue weighted by atomic mass is 19.4. The number of nitrogens with zero attached hydrogens (tertiary/aromatic N) is 1. The third-order valence-electron chi connectivity index (χ3n) is 3.15. The Morgan fingerprint density at radius 1 is 1.42 bits per heavy atom. The van der Waals surface area contributed by atoms with Gasteiger partial charge in [0.2, 0.25) is 0 Å². The molecule has 3 nitrogen and oxygen atoms in total. The van der Waals surface area contributed by atoms with Crippen LogP contribution in [0.4, 0.5) is 18.9 Å². The van der Waals surface area contributed by atoms with Crippen LogP contribution in [0.15, 0.2) is 23.4 Å². The Morgan fingerprint density at radius 2 is 2.16 bits per heavy atom. The second kappa shape index (κ2) is 5.11. The Kier molecular flexibility index (Phi) is 3.68. The summed E-state index contributed by atoms with van der Waals surface area (Å²) in [5.74, 6) is 0. The number of halogens is 3. The summed E-state index contributed by atoms with van der Waals surface area (Å²) >= 11 is 0. The zero-order valence-electron chi connectivity index (χ0n) is 10.7. The van der Waals surface area contributed by atoms with E-state index in [1.807, 2.05) is 6.92 Å². The van der Waals surface area contributed by atoms with Crippen LogP contribution >= 0.6 is 0 Å². The van der Waals surface area contributed by atoms with E-state index in [2.05, 4.69) is 10.5 Å². The fraction of sp³-hybridized carbons (Fsp3) is 0.462. The first kappa shape index (κ1) is 13.7. The van der Waals surface area contributed by atoms with Crippen LogP contribution in [0.2, 0.25) is 0 Å². The van der Waals surface area contributed by atoms with Gasteiger partial charge in [-0.15, -0.1) is 0 Å². The third-order valence-corrected chi connectivity index (χ3v) is 3.15. The molecule has 0 unspecified atom stereocenters. The SMILES string of the molecule is CC[C@@H]1CC(=NOC)c2cc(C(F)(F)F)ccc2N1. The molecule has 19 heavy (non-hydrogen) atoms. The van der Waals surface area contributed by atoms with Gasteiger partial charge in [0.25, 0.3) is 0 Å². The quantitative estimate of drug-likeness (QED) is 0.834. The average Bonchev–Trinajstić information content (AvgIpc) is 2.37. The van der Waals surface area contributed by atoms with Crippen molar-refractivity contribution in [2.45, 2.75) is 32.0 Å². The lowest BCUT2D eigenvalue weighted by Crippen LogP contribution is -2.29. The minimum absolute atomic E-state index is 0.165. The fourth-order valence-corrected chi connectivity index (χ4v) is 2.14. The molecule has 0 aromatic heterocycles. The zero-order chi connectivity index (χ0) is 14.0. The van der Waals surface area contributed by atoms with Crippen molar-refractivity contribution in [3.8, 4) is 0 Å². The lowest BCUT2D eigenvalue weighted by molar-refractivity contribution is -0.137. The molecule has 0 radical (unpaired) electrons. The monoisotopic (exact) mass is 272 g/mol. The maximum absolute atomic E-state index is 12.7. The van der Waals surface area contributed by atoms with Crippen LogP contribution in [0.5, 0.6) is 0 Å². The van der Waals surface area contributed by atoms with Crippen molar-refractivity contribution in [1.82, 2.24) is 0 Å². The van der Waals surface area contributed by atoms with Crippen LogP contribution in [-0.2, 0) is 11.0 Å². The van der Waals surface area contributed by atoms with Crippen LogP contribution in [0, 0.1) is 0 Å². The van der Waals surface area contributed by atoms with Gasteiger partial charge in [-0.3, -0.25) is 0 Å². The Morgan fingerprint density at radius 3 is 2.74 bits per heavy atom. The minimum atomic E-state index is -4.35. The number of rotatable bonds is 2. The highest BCUT2D eigenvalue weighted by molar-refractivity contribution is 6.07. The molecule has 2 rings (SSSR count). The first-order valence-corrected chi connectivity index (χ1v) is 6.04. The predicted molar refractivity (Wildman–Crippen MR) is 67.3 cm³/mol. The molecule has 0 aliphatic carbocycles. The van der Waals surface area contributed by atoms with E-state index in [4.69, 9.17) is 4.84 Å². The van der Waals surface area contributed by atoms with E-state index >= 15 is 0 Å². The van der Waals surface area contributed by atoms with Gasteiger partial charge >= 0.3 is 6.18 Å². The number of benzene rings is 1. The van der Waals surface area contributed by atoms with Crippen molar-refractivity contribution in [3.63, 3.8) is 0 Å². The van der Waals surface area contributed by atoms with Gasteiger partial charge in [0.1, 0.15) is 7.11 Å². The molecule has 0 spiro atoms. The van der Waals surface area contributed by atoms with E-state index in [0.29, 0.717) is 23.4 Å². The van der Waals surface area contributed by atoms with Crippen LogP contribution in [0.25, 0.3) is 0 Å². The summed E-state index contributed by atoms with van der Waals surface area (Å²) in [6.07, 6.45) is -2.93. The molecule has 0 saturated carbocycles. The topological polar surface area (TPSA) is 33.6 Å². The summed E-state index contributed by atoms with van der Waals surface area (Å²) in [7, 11) is 1.39. The van der Waals surface area contributed by atoms with Gasteiger partial charge in [-0.25, -0.2) is 0 Å². The molecular formula is C13H15F3N2O. The summed E-state index contributed by atoms with van der Waals surface area (Å²) in [5.41, 5.74) is 1.00. The number of hydrogen-bond acceptors (Lipinski definition) is 3. The molecule has 6 heteroatoms. The van der Waals surface area contributed by atoms with Crippen molar-refractivity contribution in [2.24, 2.45) is 5.16 Å². The Hall–Kier alpha value is -1.72.